The maximum atomic E-state index is 14.3. The van der Waals surface area contributed by atoms with Crippen LogP contribution >= 0.6 is 11.5 Å². The maximum absolute atomic E-state index is 14.3. The van der Waals surface area contributed by atoms with Crippen LogP contribution in [0.2, 0.25) is 0 Å². The first-order chi connectivity index (χ1) is 11.1. The Bertz CT molecular complexity index is 923. The first kappa shape index (κ1) is 14.0. The van der Waals surface area contributed by atoms with Gasteiger partial charge < -0.3 is 5.32 Å². The number of nitrogens with one attached hydrogen (secondary N) is 1. The number of amides is 1. The molecule has 0 aliphatic carbocycles. The van der Waals surface area contributed by atoms with E-state index < -0.39 is 11.6 Å². The molecule has 1 aromatic heterocycles. The van der Waals surface area contributed by atoms with Crippen LogP contribution in [0.1, 0.15) is 15.9 Å². The monoisotopic (exact) mass is 328 g/mol. The van der Waals surface area contributed by atoms with Crippen molar-refractivity contribution in [3.05, 3.63) is 64.7 Å². The molecular weight excluding hydrogens is 318 g/mol. The fraction of sp³-hybridized carbons (Fsp3) is 0.0588. The minimum Gasteiger partial charge on any atom is -0.348 e. The summed E-state index contributed by atoms with van der Waals surface area (Å²) in [5.41, 5.74) is 3.91. The molecule has 0 saturated heterocycles. The van der Waals surface area contributed by atoms with Crippen LogP contribution < -0.4 is 5.32 Å². The molecule has 3 nitrogen and oxygen atoms in total. The number of hydrogen-bond acceptors (Lipinski definition) is 3. The fourth-order valence-electron chi connectivity index (χ4n) is 2.90. The zero-order valence-electron chi connectivity index (χ0n) is 11.8. The summed E-state index contributed by atoms with van der Waals surface area (Å²) in [6.45, 7) is 0.385. The predicted octanol–water partition coefficient (Wildman–Crippen LogP) is 4.00. The number of fused-ring (bicyclic) bond motifs is 1. The number of benzene rings is 2. The summed E-state index contributed by atoms with van der Waals surface area (Å²) in [6, 6.07) is 6.89. The number of nitrogens with zero attached hydrogens (tertiary/aromatic N) is 1. The van der Waals surface area contributed by atoms with Gasteiger partial charge in [0.1, 0.15) is 11.6 Å². The predicted molar refractivity (Wildman–Crippen MR) is 84.1 cm³/mol. The molecule has 1 N–H and O–H groups in total. The van der Waals surface area contributed by atoms with E-state index in [4.69, 9.17) is 0 Å². The van der Waals surface area contributed by atoms with Crippen LogP contribution in [0.25, 0.3) is 22.3 Å². The molecule has 0 bridgehead atoms. The summed E-state index contributed by atoms with van der Waals surface area (Å²) in [7, 11) is 0. The maximum Gasteiger partial charge on any atom is 0.251 e. The Morgan fingerprint density at radius 1 is 1.09 bits per heavy atom. The van der Waals surface area contributed by atoms with Crippen molar-refractivity contribution >= 4 is 17.4 Å². The summed E-state index contributed by atoms with van der Waals surface area (Å²) < 4.78 is 31.6. The number of aromatic nitrogens is 1. The van der Waals surface area contributed by atoms with Crippen molar-refractivity contribution in [2.24, 2.45) is 0 Å². The van der Waals surface area contributed by atoms with E-state index in [1.165, 1.54) is 23.7 Å². The minimum absolute atomic E-state index is 0.143. The van der Waals surface area contributed by atoms with Crippen LogP contribution in [0.5, 0.6) is 0 Å². The number of rotatable bonds is 2. The second-order valence-corrected chi connectivity index (χ2v) is 5.89. The van der Waals surface area contributed by atoms with E-state index in [1.807, 2.05) is 5.38 Å². The average Bonchev–Trinajstić information content (AvgIpc) is 3.17. The molecular formula is C17H10F2N2OS. The van der Waals surface area contributed by atoms with Gasteiger partial charge in [0.2, 0.25) is 0 Å². The first-order valence-electron chi connectivity index (χ1n) is 6.94. The average molecular weight is 328 g/mol. The van der Waals surface area contributed by atoms with E-state index in [9.17, 15) is 13.6 Å². The molecule has 23 heavy (non-hydrogen) atoms. The second kappa shape index (κ2) is 5.24. The molecule has 0 atom stereocenters. The Kier molecular flexibility index (Phi) is 3.20. The molecule has 2 heterocycles. The van der Waals surface area contributed by atoms with Crippen molar-refractivity contribution in [2.75, 3.05) is 0 Å². The van der Waals surface area contributed by atoms with E-state index in [2.05, 4.69) is 9.69 Å². The third-order valence-corrected chi connectivity index (χ3v) is 4.51. The van der Waals surface area contributed by atoms with Gasteiger partial charge in [0.25, 0.3) is 5.91 Å². The zero-order valence-corrected chi connectivity index (χ0v) is 12.6. The minimum atomic E-state index is -0.633. The Hall–Kier alpha value is -2.60. The van der Waals surface area contributed by atoms with Crippen LogP contribution in [0, 0.1) is 11.6 Å². The lowest BCUT2D eigenvalue weighted by atomic mass is 9.90. The van der Waals surface area contributed by atoms with Gasteiger partial charge in [-0.05, 0) is 46.4 Å². The van der Waals surface area contributed by atoms with Crippen molar-refractivity contribution in [2.45, 2.75) is 6.54 Å². The van der Waals surface area contributed by atoms with Gasteiger partial charge in [-0.15, -0.1) is 0 Å². The standard InChI is InChI=1S/C17H10F2N2OS/c18-10-1-2-11(15(19)5-10)12-3-4-13-14(7-20-17(13)22)16(12)9-6-21-23-8-9/h1-6,8H,7H2,(H,20,22). The molecule has 2 aromatic carbocycles. The van der Waals surface area contributed by atoms with Crippen LogP contribution in [0.3, 0.4) is 0 Å². The third kappa shape index (κ3) is 2.22. The zero-order chi connectivity index (χ0) is 16.0. The second-order valence-electron chi connectivity index (χ2n) is 5.23. The highest BCUT2D eigenvalue weighted by molar-refractivity contribution is 7.03. The van der Waals surface area contributed by atoms with Crippen molar-refractivity contribution in [1.82, 2.24) is 9.69 Å². The Morgan fingerprint density at radius 2 is 1.87 bits per heavy atom. The van der Waals surface area contributed by atoms with Crippen LogP contribution in [0.4, 0.5) is 8.78 Å². The first-order valence-corrected chi connectivity index (χ1v) is 7.78. The van der Waals surface area contributed by atoms with Gasteiger partial charge in [0, 0.05) is 40.9 Å². The number of carbonyl (C=O) groups is 1. The van der Waals surface area contributed by atoms with Crippen molar-refractivity contribution in [3.63, 3.8) is 0 Å². The summed E-state index contributed by atoms with van der Waals surface area (Å²) in [5.74, 6) is -1.40. The molecule has 1 aliphatic heterocycles. The molecule has 6 heteroatoms. The molecule has 0 radical (unpaired) electrons. The summed E-state index contributed by atoms with van der Waals surface area (Å²) in [4.78, 5) is 11.9. The molecule has 1 aliphatic rings. The highest BCUT2D eigenvalue weighted by Crippen LogP contribution is 2.39. The number of carbonyl (C=O) groups excluding carboxylic acids is 1. The van der Waals surface area contributed by atoms with Gasteiger partial charge >= 0.3 is 0 Å². The Labute approximate surface area is 134 Å². The van der Waals surface area contributed by atoms with E-state index in [-0.39, 0.29) is 5.91 Å². The Morgan fingerprint density at radius 3 is 2.61 bits per heavy atom. The largest absolute Gasteiger partial charge is 0.348 e. The lowest BCUT2D eigenvalue weighted by molar-refractivity contribution is 0.0966. The molecule has 114 valence electrons. The van der Waals surface area contributed by atoms with Crippen LogP contribution in [-0.4, -0.2) is 10.3 Å². The normalized spacial score (nSPS) is 13.0. The molecule has 0 spiro atoms. The smallest absolute Gasteiger partial charge is 0.251 e. The van der Waals surface area contributed by atoms with E-state index in [0.29, 0.717) is 23.2 Å². The van der Waals surface area contributed by atoms with Gasteiger partial charge in [0.15, 0.2) is 0 Å². The topological polar surface area (TPSA) is 42.0 Å². The molecule has 4 rings (SSSR count). The SMILES string of the molecule is O=C1NCc2c1ccc(-c1ccc(F)cc1F)c2-c1cnsc1. The summed E-state index contributed by atoms with van der Waals surface area (Å²) >= 11 is 1.28. The van der Waals surface area contributed by atoms with Gasteiger partial charge in [0.05, 0.1) is 0 Å². The molecule has 0 fully saturated rings. The van der Waals surface area contributed by atoms with E-state index >= 15 is 0 Å². The van der Waals surface area contributed by atoms with Gasteiger partial charge in [-0.2, -0.15) is 0 Å². The van der Waals surface area contributed by atoms with E-state index in [0.717, 1.165) is 22.8 Å². The van der Waals surface area contributed by atoms with Crippen molar-refractivity contribution in [3.8, 4) is 22.3 Å². The van der Waals surface area contributed by atoms with Gasteiger partial charge in [-0.25, -0.2) is 13.2 Å². The summed E-state index contributed by atoms with van der Waals surface area (Å²) in [5, 5.41) is 4.63. The lowest BCUT2D eigenvalue weighted by Crippen LogP contribution is -2.12. The fourth-order valence-corrected chi connectivity index (χ4v) is 3.43. The third-order valence-electron chi connectivity index (χ3n) is 3.93. The number of halogens is 2. The molecule has 0 unspecified atom stereocenters. The van der Waals surface area contributed by atoms with Crippen LogP contribution in [-0.2, 0) is 6.54 Å². The molecule has 3 aromatic rings. The summed E-state index contributed by atoms with van der Waals surface area (Å²) in [6.07, 6.45) is 1.69. The van der Waals surface area contributed by atoms with Crippen LogP contribution in [0.15, 0.2) is 41.9 Å². The highest BCUT2D eigenvalue weighted by atomic mass is 32.1. The Balaban J connectivity index is 2.03. The van der Waals surface area contributed by atoms with E-state index in [1.54, 1.807) is 18.3 Å². The van der Waals surface area contributed by atoms with Gasteiger partial charge in [-0.1, -0.05) is 6.07 Å². The highest BCUT2D eigenvalue weighted by Gasteiger charge is 2.26. The molecule has 1 amide bonds. The van der Waals surface area contributed by atoms with Crippen molar-refractivity contribution < 1.29 is 13.6 Å². The quantitative estimate of drug-likeness (QED) is 0.772. The van der Waals surface area contributed by atoms with Crippen molar-refractivity contribution in [1.29, 1.82) is 0 Å². The lowest BCUT2D eigenvalue weighted by Gasteiger charge is -2.13. The number of hydrogen-bond donors (Lipinski definition) is 1. The molecule has 0 saturated carbocycles. The van der Waals surface area contributed by atoms with Gasteiger partial charge in [-0.3, -0.25) is 4.79 Å².